The van der Waals surface area contributed by atoms with E-state index in [1.807, 2.05) is 6.07 Å². The first-order valence-corrected chi connectivity index (χ1v) is 10.2. The molecule has 8 nitrogen and oxygen atoms in total. The number of carbonyl (C=O) groups is 1. The number of aliphatic hydroxyl groups is 2. The Balaban J connectivity index is 1.52. The minimum absolute atomic E-state index is 0.192. The largest absolute Gasteiger partial charge is 0.389 e. The van der Waals surface area contributed by atoms with Crippen LogP contribution in [0.3, 0.4) is 0 Å². The Kier molecular flexibility index (Phi) is 4.15. The number of fused-ring (bicyclic) bond motifs is 2. The average molecular weight is 430 g/mol. The van der Waals surface area contributed by atoms with Gasteiger partial charge in [0.2, 0.25) is 11.7 Å². The Morgan fingerprint density at radius 1 is 1.38 bits per heavy atom. The number of nitrogens with zero attached hydrogens (tertiary/aromatic N) is 4. The van der Waals surface area contributed by atoms with Crippen LogP contribution in [0.2, 0.25) is 4.34 Å². The molecule has 5 atom stereocenters. The molecule has 0 aromatic carbocycles. The molecule has 148 valence electrons. The third-order valence-corrected chi connectivity index (χ3v) is 6.98. The monoisotopic (exact) mass is 429 g/mol. The molecule has 0 bridgehead atoms. The second-order valence-electron chi connectivity index (χ2n) is 7.26. The van der Waals surface area contributed by atoms with Gasteiger partial charge in [0, 0.05) is 13.0 Å². The Morgan fingerprint density at radius 3 is 2.93 bits per heavy atom. The summed E-state index contributed by atoms with van der Waals surface area (Å²) in [6, 6.07) is 3.10. The van der Waals surface area contributed by atoms with Crippen LogP contribution in [0.15, 0.2) is 24.7 Å². The van der Waals surface area contributed by atoms with E-state index >= 15 is 0 Å². The van der Waals surface area contributed by atoms with E-state index < -0.39 is 23.7 Å². The molecule has 3 N–H and O–H groups in total. The molecule has 0 spiro atoms. The molecule has 3 aromatic rings. The van der Waals surface area contributed by atoms with Gasteiger partial charge in [0.15, 0.2) is 5.65 Å². The SMILES string of the molecule is CNC(=O)[C@@]12C[C@@H]1[C@@H](n1cnc3cnc(C#Cc4ccc(Cl)s4)nc31)[C@H](O)[C@@H]2O. The van der Waals surface area contributed by atoms with Gasteiger partial charge in [-0.25, -0.2) is 15.0 Å². The zero-order chi connectivity index (χ0) is 20.3. The Hall–Kier alpha value is -2.51. The number of halogens is 1. The van der Waals surface area contributed by atoms with Crippen LogP contribution >= 0.6 is 22.9 Å². The lowest BCUT2D eigenvalue weighted by molar-refractivity contribution is -0.132. The van der Waals surface area contributed by atoms with Gasteiger partial charge in [0.25, 0.3) is 0 Å². The maximum absolute atomic E-state index is 12.3. The molecule has 0 aliphatic heterocycles. The van der Waals surface area contributed by atoms with Crippen LogP contribution in [0, 0.1) is 23.2 Å². The lowest BCUT2D eigenvalue weighted by atomic mass is 9.98. The average Bonchev–Trinajstić information content (AvgIpc) is 2.98. The normalized spacial score (nSPS) is 29.9. The van der Waals surface area contributed by atoms with Crippen molar-refractivity contribution in [3.63, 3.8) is 0 Å². The van der Waals surface area contributed by atoms with Gasteiger partial charge in [0.1, 0.15) is 11.6 Å². The molecule has 3 aromatic heterocycles. The summed E-state index contributed by atoms with van der Waals surface area (Å²) < 4.78 is 2.38. The highest BCUT2D eigenvalue weighted by atomic mass is 35.5. The first-order valence-electron chi connectivity index (χ1n) is 9.01. The zero-order valence-electron chi connectivity index (χ0n) is 15.2. The molecular weight excluding hydrogens is 414 g/mol. The summed E-state index contributed by atoms with van der Waals surface area (Å²) in [5.74, 6) is 5.75. The van der Waals surface area contributed by atoms with Crippen molar-refractivity contribution in [2.45, 2.75) is 24.7 Å². The van der Waals surface area contributed by atoms with Gasteiger partial charge in [0.05, 0.1) is 39.3 Å². The maximum Gasteiger partial charge on any atom is 0.229 e. The number of hydrogen-bond acceptors (Lipinski definition) is 7. The summed E-state index contributed by atoms with van der Waals surface area (Å²) >= 11 is 7.29. The minimum atomic E-state index is -1.14. The minimum Gasteiger partial charge on any atom is -0.389 e. The fourth-order valence-electron chi connectivity index (χ4n) is 4.39. The second kappa shape index (κ2) is 6.50. The Bertz CT molecular complexity index is 1200. The maximum atomic E-state index is 12.3. The van der Waals surface area contributed by atoms with Crippen molar-refractivity contribution in [2.24, 2.45) is 11.3 Å². The van der Waals surface area contributed by atoms with Crippen LogP contribution in [0.5, 0.6) is 0 Å². The zero-order valence-corrected chi connectivity index (χ0v) is 16.8. The van der Waals surface area contributed by atoms with Crippen molar-refractivity contribution in [1.82, 2.24) is 24.8 Å². The standard InChI is InChI=1S/C19H16ClN5O3S/c1-21-18(28)19-6-10(19)14(15(26)16(19)27)25-8-23-11-7-22-13(24-17(11)25)5-3-9-2-4-12(20)29-9/h2,4,7-8,10,14-16,26-27H,6H2,1H3,(H,21,28)/t10-,14-,15+,16+,19+/m1/s1. The van der Waals surface area contributed by atoms with Gasteiger partial charge in [-0.15, -0.1) is 11.3 Å². The molecule has 2 saturated carbocycles. The highest BCUT2D eigenvalue weighted by Gasteiger charge is 2.75. The van der Waals surface area contributed by atoms with Gasteiger partial charge >= 0.3 is 0 Å². The lowest BCUT2D eigenvalue weighted by Gasteiger charge is -2.23. The van der Waals surface area contributed by atoms with Crippen molar-refractivity contribution in [3.8, 4) is 11.8 Å². The predicted molar refractivity (Wildman–Crippen MR) is 106 cm³/mol. The summed E-state index contributed by atoms with van der Waals surface area (Å²) in [6.45, 7) is 0. The number of hydrogen-bond donors (Lipinski definition) is 3. The first-order chi connectivity index (χ1) is 14.0. The quantitative estimate of drug-likeness (QED) is 0.523. The molecule has 0 saturated heterocycles. The van der Waals surface area contributed by atoms with Crippen molar-refractivity contribution in [1.29, 1.82) is 0 Å². The molecule has 0 radical (unpaired) electrons. The number of aromatic nitrogens is 4. The van der Waals surface area contributed by atoms with Crippen LogP contribution in [-0.2, 0) is 4.79 Å². The van der Waals surface area contributed by atoms with E-state index in [4.69, 9.17) is 11.6 Å². The van der Waals surface area contributed by atoms with Crippen LogP contribution in [0.1, 0.15) is 23.2 Å². The molecule has 10 heteroatoms. The van der Waals surface area contributed by atoms with E-state index in [0.717, 1.165) is 4.88 Å². The van der Waals surface area contributed by atoms with Crippen LogP contribution in [-0.4, -0.2) is 54.9 Å². The first kappa shape index (κ1) is 18.5. The Morgan fingerprint density at radius 2 is 2.21 bits per heavy atom. The van der Waals surface area contributed by atoms with E-state index in [1.165, 1.54) is 18.4 Å². The third-order valence-electron chi connectivity index (χ3n) is 5.83. The molecule has 5 rings (SSSR count). The van der Waals surface area contributed by atoms with Crippen molar-refractivity contribution in [2.75, 3.05) is 7.05 Å². The fourth-order valence-corrected chi connectivity index (χ4v) is 5.29. The van der Waals surface area contributed by atoms with Crippen molar-refractivity contribution >= 4 is 40.0 Å². The second-order valence-corrected chi connectivity index (χ2v) is 8.98. The summed E-state index contributed by atoms with van der Waals surface area (Å²) in [6.07, 6.45) is 1.40. The Labute approximate surface area is 174 Å². The summed E-state index contributed by atoms with van der Waals surface area (Å²) in [7, 11) is 1.53. The molecule has 2 fully saturated rings. The number of thiophene rings is 1. The molecule has 0 unspecified atom stereocenters. The van der Waals surface area contributed by atoms with Gasteiger partial charge in [-0.3, -0.25) is 4.79 Å². The van der Waals surface area contributed by atoms with Gasteiger partial charge in [-0.05, 0) is 30.4 Å². The molecule has 29 heavy (non-hydrogen) atoms. The van der Waals surface area contributed by atoms with Crippen LogP contribution in [0.4, 0.5) is 0 Å². The number of carbonyl (C=O) groups excluding carboxylic acids is 1. The smallest absolute Gasteiger partial charge is 0.229 e. The van der Waals surface area contributed by atoms with Gasteiger partial charge in [-0.2, -0.15) is 0 Å². The summed E-state index contributed by atoms with van der Waals surface area (Å²) in [5, 5.41) is 23.8. The number of imidazole rings is 1. The van der Waals surface area contributed by atoms with Crippen LogP contribution in [0.25, 0.3) is 11.2 Å². The molecule has 3 heterocycles. The van der Waals surface area contributed by atoms with Gasteiger partial charge in [-0.1, -0.05) is 11.6 Å². The summed E-state index contributed by atoms with van der Waals surface area (Å²) in [5.41, 5.74) is 0.0997. The number of amides is 1. The fraction of sp³-hybridized carbons (Fsp3) is 0.368. The number of aliphatic hydroxyl groups excluding tert-OH is 2. The third kappa shape index (κ3) is 2.68. The van der Waals surface area contributed by atoms with Crippen molar-refractivity contribution < 1.29 is 15.0 Å². The van der Waals surface area contributed by atoms with E-state index in [9.17, 15) is 15.0 Å². The van der Waals surface area contributed by atoms with E-state index in [0.29, 0.717) is 27.7 Å². The molecule has 2 aliphatic rings. The molecular formula is C19H16ClN5O3S. The summed E-state index contributed by atoms with van der Waals surface area (Å²) in [4.78, 5) is 26.2. The van der Waals surface area contributed by atoms with E-state index in [2.05, 4.69) is 32.1 Å². The molecule has 2 aliphatic carbocycles. The highest BCUT2D eigenvalue weighted by Crippen LogP contribution is 2.67. The van der Waals surface area contributed by atoms with E-state index in [1.54, 1.807) is 23.2 Å². The lowest BCUT2D eigenvalue weighted by Crippen LogP contribution is -2.41. The number of nitrogens with one attached hydrogen (secondary N) is 1. The van der Waals surface area contributed by atoms with Gasteiger partial charge < -0.3 is 20.1 Å². The topological polar surface area (TPSA) is 113 Å². The highest BCUT2D eigenvalue weighted by molar-refractivity contribution is 7.16. The number of rotatable bonds is 2. The molecule has 1 amide bonds. The van der Waals surface area contributed by atoms with Crippen molar-refractivity contribution in [3.05, 3.63) is 39.7 Å². The van der Waals surface area contributed by atoms with E-state index in [-0.39, 0.29) is 11.8 Å². The predicted octanol–water partition coefficient (Wildman–Crippen LogP) is 0.970. The van der Waals surface area contributed by atoms with Crippen LogP contribution < -0.4 is 5.32 Å².